The van der Waals surface area contributed by atoms with Crippen LogP contribution in [0.15, 0.2) is 6.20 Å². The third kappa shape index (κ3) is 2.51. The molecule has 1 rings (SSSR count). The van der Waals surface area contributed by atoms with Gasteiger partial charge in [-0.3, -0.25) is 4.68 Å². The molecule has 4 nitrogen and oxygen atoms in total. The second-order valence-corrected chi connectivity index (χ2v) is 3.44. The van der Waals surface area contributed by atoms with Crippen LogP contribution in [0.3, 0.4) is 0 Å². The van der Waals surface area contributed by atoms with Crippen molar-refractivity contribution in [1.29, 1.82) is 0 Å². The van der Waals surface area contributed by atoms with E-state index >= 15 is 0 Å². The quantitative estimate of drug-likeness (QED) is 0.602. The van der Waals surface area contributed by atoms with E-state index in [0.29, 0.717) is 5.69 Å². The minimum Gasteiger partial charge on any atom is -0.464 e. The Morgan fingerprint density at radius 3 is 3.00 bits per heavy atom. The van der Waals surface area contributed by atoms with Crippen molar-refractivity contribution in [2.24, 2.45) is 7.05 Å². The highest BCUT2D eigenvalue weighted by molar-refractivity contribution is 7.80. The second kappa shape index (κ2) is 5.05. The first-order valence-corrected chi connectivity index (χ1v) is 5.04. The minimum absolute atomic E-state index is 0.375. The molecule has 0 aromatic carbocycles. The Labute approximate surface area is 88.7 Å². The molecule has 0 amide bonds. The number of carbonyl (C=O) groups is 1. The van der Waals surface area contributed by atoms with Gasteiger partial charge in [0.1, 0.15) is 0 Å². The molecule has 0 bridgehead atoms. The van der Waals surface area contributed by atoms with Crippen LogP contribution in [0.25, 0.3) is 0 Å². The SMILES string of the molecule is COC(=O)c1nn(C)cc1CCCS. The highest BCUT2D eigenvalue weighted by Crippen LogP contribution is 2.10. The largest absolute Gasteiger partial charge is 0.464 e. The number of methoxy groups -OCH3 is 1. The fourth-order valence-corrected chi connectivity index (χ4v) is 1.42. The molecule has 0 aliphatic heterocycles. The number of rotatable bonds is 4. The van der Waals surface area contributed by atoms with E-state index in [1.807, 2.05) is 6.20 Å². The van der Waals surface area contributed by atoms with Gasteiger partial charge < -0.3 is 4.74 Å². The van der Waals surface area contributed by atoms with E-state index in [2.05, 4.69) is 22.5 Å². The fraction of sp³-hybridized carbons (Fsp3) is 0.556. The molecule has 5 heteroatoms. The van der Waals surface area contributed by atoms with Crippen molar-refractivity contribution in [2.45, 2.75) is 12.8 Å². The molecular formula is C9H14N2O2S. The molecule has 0 unspecified atom stereocenters. The molecule has 1 aromatic heterocycles. The first kappa shape index (κ1) is 11.1. The van der Waals surface area contributed by atoms with Gasteiger partial charge in [0.2, 0.25) is 0 Å². The zero-order chi connectivity index (χ0) is 10.6. The van der Waals surface area contributed by atoms with Gasteiger partial charge in [-0.25, -0.2) is 4.79 Å². The first-order valence-electron chi connectivity index (χ1n) is 4.40. The Morgan fingerprint density at radius 2 is 2.43 bits per heavy atom. The molecule has 0 N–H and O–H groups in total. The number of thiol groups is 1. The Hall–Kier alpha value is -0.970. The van der Waals surface area contributed by atoms with Crippen molar-refractivity contribution in [3.8, 4) is 0 Å². The molecule has 1 heterocycles. The third-order valence-electron chi connectivity index (χ3n) is 1.89. The van der Waals surface area contributed by atoms with Gasteiger partial charge in [0, 0.05) is 18.8 Å². The predicted octanol–water partition coefficient (Wildman–Crippen LogP) is 1.07. The van der Waals surface area contributed by atoms with Crippen molar-refractivity contribution in [3.05, 3.63) is 17.5 Å². The van der Waals surface area contributed by atoms with Gasteiger partial charge in [-0.2, -0.15) is 17.7 Å². The highest BCUT2D eigenvalue weighted by atomic mass is 32.1. The van der Waals surface area contributed by atoms with Crippen molar-refractivity contribution < 1.29 is 9.53 Å². The van der Waals surface area contributed by atoms with Crippen LogP contribution < -0.4 is 0 Å². The van der Waals surface area contributed by atoms with Gasteiger partial charge >= 0.3 is 5.97 Å². The fourth-order valence-electron chi connectivity index (χ4n) is 1.26. The van der Waals surface area contributed by atoms with Gasteiger partial charge in [-0.05, 0) is 18.6 Å². The summed E-state index contributed by atoms with van der Waals surface area (Å²) in [6.07, 6.45) is 3.58. The van der Waals surface area contributed by atoms with E-state index in [9.17, 15) is 4.79 Å². The average molecular weight is 214 g/mol. The molecule has 78 valence electrons. The maximum Gasteiger partial charge on any atom is 0.358 e. The Morgan fingerprint density at radius 1 is 1.71 bits per heavy atom. The molecule has 0 fully saturated rings. The van der Waals surface area contributed by atoms with Crippen LogP contribution in [-0.2, 0) is 18.2 Å². The standard InChI is InChI=1S/C9H14N2O2S/c1-11-6-7(4-3-5-14)8(10-11)9(12)13-2/h6,14H,3-5H2,1-2H3. The summed E-state index contributed by atoms with van der Waals surface area (Å²) in [6.45, 7) is 0. The number of hydrogen-bond donors (Lipinski definition) is 1. The lowest BCUT2D eigenvalue weighted by Crippen LogP contribution is -2.06. The molecule has 0 saturated carbocycles. The van der Waals surface area contributed by atoms with Gasteiger partial charge in [0.05, 0.1) is 7.11 Å². The van der Waals surface area contributed by atoms with Gasteiger partial charge in [0.15, 0.2) is 5.69 Å². The van der Waals surface area contributed by atoms with Crippen LogP contribution in [0.2, 0.25) is 0 Å². The predicted molar refractivity (Wildman–Crippen MR) is 56.7 cm³/mol. The van der Waals surface area contributed by atoms with E-state index in [4.69, 9.17) is 0 Å². The first-order chi connectivity index (χ1) is 6.69. The van der Waals surface area contributed by atoms with Crippen LogP contribution in [0.4, 0.5) is 0 Å². The van der Waals surface area contributed by atoms with Crippen LogP contribution in [0.1, 0.15) is 22.5 Å². The van der Waals surface area contributed by atoms with Gasteiger partial charge in [0.25, 0.3) is 0 Å². The third-order valence-corrected chi connectivity index (χ3v) is 2.20. The van der Waals surface area contributed by atoms with Crippen molar-refractivity contribution >= 4 is 18.6 Å². The molecular weight excluding hydrogens is 200 g/mol. The van der Waals surface area contributed by atoms with E-state index < -0.39 is 0 Å². The van der Waals surface area contributed by atoms with Crippen molar-refractivity contribution in [2.75, 3.05) is 12.9 Å². The van der Waals surface area contributed by atoms with Crippen LogP contribution >= 0.6 is 12.6 Å². The van der Waals surface area contributed by atoms with E-state index in [-0.39, 0.29) is 5.97 Å². The van der Waals surface area contributed by atoms with Crippen molar-refractivity contribution in [3.63, 3.8) is 0 Å². The molecule has 0 atom stereocenters. The summed E-state index contributed by atoms with van der Waals surface area (Å²) in [4.78, 5) is 11.3. The second-order valence-electron chi connectivity index (χ2n) is 3.00. The summed E-state index contributed by atoms with van der Waals surface area (Å²) in [5, 5.41) is 4.05. The molecule has 1 aromatic rings. The summed E-state index contributed by atoms with van der Waals surface area (Å²) < 4.78 is 6.26. The monoisotopic (exact) mass is 214 g/mol. The molecule has 0 spiro atoms. The van der Waals surface area contributed by atoms with Gasteiger partial charge in [-0.1, -0.05) is 0 Å². The van der Waals surface area contributed by atoms with Crippen LogP contribution in [0.5, 0.6) is 0 Å². The number of aromatic nitrogens is 2. The zero-order valence-corrected chi connectivity index (χ0v) is 9.25. The summed E-state index contributed by atoms with van der Waals surface area (Å²) >= 11 is 4.12. The lowest BCUT2D eigenvalue weighted by atomic mass is 10.1. The highest BCUT2D eigenvalue weighted by Gasteiger charge is 2.15. The maximum atomic E-state index is 11.3. The molecule has 0 radical (unpaired) electrons. The van der Waals surface area contributed by atoms with Crippen LogP contribution in [0, 0.1) is 0 Å². The van der Waals surface area contributed by atoms with E-state index in [1.54, 1.807) is 11.7 Å². The van der Waals surface area contributed by atoms with Crippen LogP contribution in [-0.4, -0.2) is 28.6 Å². The number of nitrogens with zero attached hydrogens (tertiary/aromatic N) is 2. The molecule has 0 saturated heterocycles. The summed E-state index contributed by atoms with van der Waals surface area (Å²) in [7, 11) is 3.15. The number of esters is 1. The number of hydrogen-bond acceptors (Lipinski definition) is 4. The Kier molecular flexibility index (Phi) is 4.00. The number of ether oxygens (including phenoxy) is 1. The van der Waals surface area contributed by atoms with E-state index in [0.717, 1.165) is 24.2 Å². The molecule has 0 aliphatic carbocycles. The topological polar surface area (TPSA) is 44.1 Å². The summed E-state index contributed by atoms with van der Waals surface area (Å²) in [5.74, 6) is 0.426. The Bertz CT molecular complexity index is 323. The summed E-state index contributed by atoms with van der Waals surface area (Å²) in [5.41, 5.74) is 1.34. The smallest absolute Gasteiger partial charge is 0.358 e. The lowest BCUT2D eigenvalue weighted by molar-refractivity contribution is 0.0592. The average Bonchev–Trinajstić information content (AvgIpc) is 2.55. The molecule has 14 heavy (non-hydrogen) atoms. The zero-order valence-electron chi connectivity index (χ0n) is 8.36. The lowest BCUT2D eigenvalue weighted by Gasteiger charge is -1.98. The van der Waals surface area contributed by atoms with Crippen molar-refractivity contribution in [1.82, 2.24) is 9.78 Å². The number of carbonyl (C=O) groups excluding carboxylic acids is 1. The van der Waals surface area contributed by atoms with Gasteiger partial charge in [-0.15, -0.1) is 0 Å². The summed E-state index contributed by atoms with van der Waals surface area (Å²) in [6, 6.07) is 0. The van der Waals surface area contributed by atoms with E-state index in [1.165, 1.54) is 7.11 Å². The normalized spacial score (nSPS) is 10.2. The minimum atomic E-state index is -0.375. The number of aryl methyl sites for hydroxylation is 2. The Balaban J connectivity index is 2.85. The maximum absolute atomic E-state index is 11.3. The molecule has 0 aliphatic rings.